The summed E-state index contributed by atoms with van der Waals surface area (Å²) in [6, 6.07) is 0. The van der Waals surface area contributed by atoms with Crippen LogP contribution in [0.4, 0.5) is 0 Å². The number of hydrogen-bond acceptors (Lipinski definition) is 5. The smallest absolute Gasteiger partial charge is 0.109 e. The van der Waals surface area contributed by atoms with Crippen molar-refractivity contribution in [1.29, 1.82) is 0 Å². The molecule has 2 N–H and O–H groups in total. The Morgan fingerprint density at radius 2 is 2.00 bits per heavy atom. The molecule has 0 amide bonds. The lowest BCUT2D eigenvalue weighted by atomic mass is 10.3. The molecule has 1 aliphatic rings. The maximum absolute atomic E-state index is 9.82. The Bertz CT molecular complexity index is 152. The number of ether oxygens (including phenoxy) is 2. The van der Waals surface area contributed by atoms with Gasteiger partial charge >= 0.3 is 0 Å². The van der Waals surface area contributed by atoms with Gasteiger partial charge in [0.25, 0.3) is 0 Å². The van der Waals surface area contributed by atoms with Crippen LogP contribution in [0.5, 0.6) is 0 Å². The summed E-state index contributed by atoms with van der Waals surface area (Å²) in [5.41, 5.74) is 0. The van der Waals surface area contributed by atoms with Crippen LogP contribution in [0.15, 0.2) is 0 Å². The van der Waals surface area contributed by atoms with Crippen molar-refractivity contribution in [3.63, 3.8) is 0 Å². The van der Waals surface area contributed by atoms with Gasteiger partial charge in [0.05, 0.1) is 19.8 Å². The fourth-order valence-corrected chi connectivity index (χ4v) is 1.60. The van der Waals surface area contributed by atoms with Gasteiger partial charge in [0.2, 0.25) is 0 Å². The van der Waals surface area contributed by atoms with Crippen molar-refractivity contribution in [3.8, 4) is 0 Å². The average molecular weight is 218 g/mol. The van der Waals surface area contributed by atoms with Crippen LogP contribution in [-0.2, 0) is 9.47 Å². The van der Waals surface area contributed by atoms with Crippen LogP contribution in [0.1, 0.15) is 6.42 Å². The molecule has 1 unspecified atom stereocenters. The van der Waals surface area contributed by atoms with Crippen molar-refractivity contribution in [2.24, 2.45) is 0 Å². The van der Waals surface area contributed by atoms with Gasteiger partial charge in [-0.2, -0.15) is 0 Å². The molecule has 1 saturated heterocycles. The molecule has 0 aliphatic carbocycles. The van der Waals surface area contributed by atoms with Crippen molar-refractivity contribution in [2.75, 3.05) is 53.1 Å². The number of aliphatic hydroxyl groups is 1. The Balaban J connectivity index is 1.99. The number of nitrogens with zero attached hydrogens (tertiary/aromatic N) is 1. The van der Waals surface area contributed by atoms with E-state index in [-0.39, 0.29) is 6.23 Å². The second-order valence-corrected chi connectivity index (χ2v) is 3.66. The van der Waals surface area contributed by atoms with Gasteiger partial charge in [-0.25, -0.2) is 0 Å². The number of aliphatic hydroxyl groups excluding tert-OH is 1. The summed E-state index contributed by atoms with van der Waals surface area (Å²) in [6.07, 6.45) is 0.304. The second kappa shape index (κ2) is 8.01. The highest BCUT2D eigenvalue weighted by atomic mass is 16.5. The molecule has 0 radical (unpaired) electrons. The van der Waals surface area contributed by atoms with E-state index in [1.165, 1.54) is 0 Å². The molecule has 5 heteroatoms. The molecule has 15 heavy (non-hydrogen) atoms. The van der Waals surface area contributed by atoms with E-state index < -0.39 is 0 Å². The van der Waals surface area contributed by atoms with Crippen LogP contribution in [-0.4, -0.2) is 69.3 Å². The minimum absolute atomic E-state index is 0.366. The van der Waals surface area contributed by atoms with Gasteiger partial charge in [-0.05, 0) is 0 Å². The van der Waals surface area contributed by atoms with Crippen molar-refractivity contribution in [1.82, 2.24) is 10.2 Å². The monoisotopic (exact) mass is 218 g/mol. The van der Waals surface area contributed by atoms with Crippen LogP contribution >= 0.6 is 0 Å². The fourth-order valence-electron chi connectivity index (χ4n) is 1.60. The van der Waals surface area contributed by atoms with Crippen LogP contribution in [0.2, 0.25) is 0 Å². The molecule has 1 fully saturated rings. The van der Waals surface area contributed by atoms with E-state index in [0.717, 1.165) is 26.2 Å². The Kier molecular flexibility index (Phi) is 6.87. The molecule has 0 aromatic rings. The van der Waals surface area contributed by atoms with Crippen LogP contribution in [0.25, 0.3) is 0 Å². The van der Waals surface area contributed by atoms with Gasteiger partial charge in [0.1, 0.15) is 6.23 Å². The molecule has 0 saturated carbocycles. The minimum atomic E-state index is -0.366. The van der Waals surface area contributed by atoms with Gasteiger partial charge in [-0.3, -0.25) is 4.90 Å². The molecule has 1 rings (SSSR count). The molecule has 5 nitrogen and oxygen atoms in total. The predicted molar refractivity (Wildman–Crippen MR) is 57.8 cm³/mol. The number of rotatable bonds is 7. The van der Waals surface area contributed by atoms with Crippen molar-refractivity contribution in [2.45, 2.75) is 12.6 Å². The van der Waals surface area contributed by atoms with E-state index in [0.29, 0.717) is 26.2 Å². The molecular formula is C10H22N2O3. The quantitative estimate of drug-likeness (QED) is 0.551. The Morgan fingerprint density at radius 1 is 1.27 bits per heavy atom. The van der Waals surface area contributed by atoms with E-state index in [4.69, 9.17) is 9.47 Å². The molecule has 1 heterocycles. The van der Waals surface area contributed by atoms with Crippen molar-refractivity contribution >= 4 is 0 Å². The third-order valence-electron chi connectivity index (χ3n) is 2.53. The zero-order valence-electron chi connectivity index (χ0n) is 9.45. The average Bonchev–Trinajstić information content (AvgIpc) is 2.30. The first-order chi connectivity index (χ1) is 7.34. The summed E-state index contributed by atoms with van der Waals surface area (Å²) in [4.78, 5) is 2.08. The largest absolute Gasteiger partial charge is 0.382 e. The Hall–Kier alpha value is -0.200. The third kappa shape index (κ3) is 5.44. The van der Waals surface area contributed by atoms with E-state index in [9.17, 15) is 5.11 Å². The lowest BCUT2D eigenvalue weighted by molar-refractivity contribution is -0.0317. The highest BCUT2D eigenvalue weighted by Crippen LogP contribution is 2.02. The van der Waals surface area contributed by atoms with E-state index in [1.54, 1.807) is 7.11 Å². The molecule has 0 aromatic carbocycles. The van der Waals surface area contributed by atoms with Crippen LogP contribution in [0.3, 0.4) is 0 Å². The fraction of sp³-hybridized carbons (Fsp3) is 1.00. The normalized spacial score (nSPS) is 20.4. The maximum atomic E-state index is 9.82. The molecule has 0 aromatic heterocycles. The highest BCUT2D eigenvalue weighted by Gasteiger charge is 2.17. The topological polar surface area (TPSA) is 54.0 Å². The summed E-state index contributed by atoms with van der Waals surface area (Å²) >= 11 is 0. The van der Waals surface area contributed by atoms with E-state index in [1.807, 2.05) is 0 Å². The predicted octanol–water partition coefficient (Wildman–Crippen LogP) is -0.737. The molecule has 1 aliphatic heterocycles. The highest BCUT2D eigenvalue weighted by molar-refractivity contribution is 4.69. The second-order valence-electron chi connectivity index (χ2n) is 3.66. The van der Waals surface area contributed by atoms with Crippen LogP contribution < -0.4 is 5.32 Å². The summed E-state index contributed by atoms with van der Waals surface area (Å²) in [7, 11) is 1.65. The lowest BCUT2D eigenvalue weighted by Gasteiger charge is -2.31. The Labute approximate surface area is 91.3 Å². The molecule has 1 atom stereocenters. The first kappa shape index (κ1) is 12.9. The number of hydrogen-bond donors (Lipinski definition) is 2. The third-order valence-corrected chi connectivity index (χ3v) is 2.53. The SMILES string of the molecule is COCCOCCC(O)N1CCNCC1. The zero-order valence-corrected chi connectivity index (χ0v) is 9.45. The van der Waals surface area contributed by atoms with Gasteiger partial charge in [-0.1, -0.05) is 0 Å². The van der Waals surface area contributed by atoms with Crippen molar-refractivity contribution < 1.29 is 14.6 Å². The maximum Gasteiger partial charge on any atom is 0.109 e. The lowest BCUT2D eigenvalue weighted by Crippen LogP contribution is -2.48. The standard InChI is InChI=1S/C10H22N2O3/c1-14-8-9-15-7-2-10(13)12-5-3-11-4-6-12/h10-11,13H,2-9H2,1H3. The molecule has 0 spiro atoms. The van der Waals surface area contributed by atoms with E-state index in [2.05, 4.69) is 10.2 Å². The Morgan fingerprint density at radius 3 is 2.67 bits per heavy atom. The van der Waals surface area contributed by atoms with Crippen LogP contribution in [0, 0.1) is 0 Å². The number of piperazine rings is 1. The van der Waals surface area contributed by atoms with Gasteiger partial charge in [0, 0.05) is 39.7 Å². The summed E-state index contributed by atoms with van der Waals surface area (Å²) in [5.74, 6) is 0. The summed E-state index contributed by atoms with van der Waals surface area (Å²) in [5, 5.41) is 13.1. The van der Waals surface area contributed by atoms with Gasteiger partial charge < -0.3 is 19.9 Å². The minimum Gasteiger partial charge on any atom is -0.382 e. The van der Waals surface area contributed by atoms with Gasteiger partial charge in [0.15, 0.2) is 0 Å². The first-order valence-electron chi connectivity index (χ1n) is 5.54. The summed E-state index contributed by atoms with van der Waals surface area (Å²) < 4.78 is 10.2. The van der Waals surface area contributed by atoms with E-state index >= 15 is 0 Å². The molecule has 90 valence electrons. The number of methoxy groups -OCH3 is 1. The molecular weight excluding hydrogens is 196 g/mol. The first-order valence-corrected chi connectivity index (χ1v) is 5.54. The zero-order chi connectivity index (χ0) is 10.9. The summed E-state index contributed by atoms with van der Waals surface area (Å²) in [6.45, 7) is 5.56. The van der Waals surface area contributed by atoms with Gasteiger partial charge in [-0.15, -0.1) is 0 Å². The number of nitrogens with one attached hydrogen (secondary N) is 1. The molecule has 0 bridgehead atoms. The van der Waals surface area contributed by atoms with Crippen molar-refractivity contribution in [3.05, 3.63) is 0 Å².